The molecule has 3 N–H and O–H groups in total. The summed E-state index contributed by atoms with van der Waals surface area (Å²) in [5, 5.41) is 8.60. The molecule has 2 aromatic carbocycles. The Bertz CT molecular complexity index is 686. The quantitative estimate of drug-likeness (QED) is 0.886. The van der Waals surface area contributed by atoms with Crippen molar-refractivity contribution in [1.29, 1.82) is 0 Å². The van der Waals surface area contributed by atoms with E-state index in [-0.39, 0.29) is 10.9 Å². The Balaban J connectivity index is 2.22. The predicted molar refractivity (Wildman–Crippen MR) is 89.0 cm³/mol. The van der Waals surface area contributed by atoms with Crippen molar-refractivity contribution in [3.8, 4) is 11.1 Å². The molecule has 2 rings (SSSR count). The van der Waals surface area contributed by atoms with Gasteiger partial charge >= 0.3 is 5.97 Å². The Kier molecular flexibility index (Phi) is 5.35. The van der Waals surface area contributed by atoms with Crippen LogP contribution in [0.2, 0.25) is 0 Å². The Labute approximate surface area is 133 Å². The molecule has 1 unspecified atom stereocenters. The average molecular weight is 315 g/mol. The molecule has 22 heavy (non-hydrogen) atoms. The van der Waals surface area contributed by atoms with Crippen LogP contribution in [-0.4, -0.2) is 28.0 Å². The summed E-state index contributed by atoms with van der Waals surface area (Å²) in [5.74, 6) is -1.04. The number of rotatable bonds is 5. The number of carbonyl (C=O) groups is 2. The smallest absolute Gasteiger partial charge is 0.321 e. The van der Waals surface area contributed by atoms with Gasteiger partial charge in [0.1, 0.15) is 6.04 Å². The van der Waals surface area contributed by atoms with Crippen molar-refractivity contribution in [2.75, 3.05) is 5.75 Å². The minimum Gasteiger partial charge on any atom is -0.480 e. The third-order valence-electron chi connectivity index (χ3n) is 3.35. The highest BCUT2D eigenvalue weighted by Gasteiger charge is 2.17. The number of carboxylic acid groups (broad SMARTS) is 1. The SMILES string of the molecule is Cc1c(C(=O)SCC(N)C(=O)O)cccc1-c1ccccc1. The molecule has 2 aromatic rings. The number of nitrogens with two attached hydrogens (primary N) is 1. The van der Waals surface area contributed by atoms with Gasteiger partial charge < -0.3 is 10.8 Å². The molecule has 4 nitrogen and oxygen atoms in total. The van der Waals surface area contributed by atoms with Crippen molar-refractivity contribution in [3.63, 3.8) is 0 Å². The van der Waals surface area contributed by atoms with Gasteiger partial charge in [0.05, 0.1) is 0 Å². The summed E-state index contributed by atoms with van der Waals surface area (Å²) in [6.07, 6.45) is 0. The molecule has 114 valence electrons. The number of benzene rings is 2. The molecule has 0 bridgehead atoms. The van der Waals surface area contributed by atoms with Crippen LogP contribution in [0.25, 0.3) is 11.1 Å². The van der Waals surface area contributed by atoms with Crippen molar-refractivity contribution in [2.45, 2.75) is 13.0 Å². The van der Waals surface area contributed by atoms with E-state index >= 15 is 0 Å². The van der Waals surface area contributed by atoms with Crippen molar-refractivity contribution >= 4 is 22.8 Å². The summed E-state index contributed by atoms with van der Waals surface area (Å²) >= 11 is 0.939. The zero-order valence-electron chi connectivity index (χ0n) is 12.2. The number of aliphatic carboxylic acids is 1. The molecule has 0 saturated carbocycles. The van der Waals surface area contributed by atoms with E-state index in [9.17, 15) is 9.59 Å². The molecule has 0 spiro atoms. The first-order valence-corrected chi connectivity index (χ1v) is 7.80. The maximum absolute atomic E-state index is 12.3. The van der Waals surface area contributed by atoms with Gasteiger partial charge in [-0.1, -0.05) is 60.3 Å². The molecule has 0 saturated heterocycles. The Hall–Kier alpha value is -2.11. The molecular weight excluding hydrogens is 298 g/mol. The highest BCUT2D eigenvalue weighted by atomic mass is 32.2. The molecule has 0 aromatic heterocycles. The zero-order chi connectivity index (χ0) is 16.1. The summed E-state index contributed by atoms with van der Waals surface area (Å²) in [5.41, 5.74) is 8.94. The summed E-state index contributed by atoms with van der Waals surface area (Å²) in [6.45, 7) is 1.90. The lowest BCUT2D eigenvalue weighted by molar-refractivity contribution is -0.137. The van der Waals surface area contributed by atoms with Gasteiger partial charge in [0.2, 0.25) is 5.12 Å². The van der Waals surface area contributed by atoms with Crippen molar-refractivity contribution in [1.82, 2.24) is 0 Å². The van der Waals surface area contributed by atoms with Crippen LogP contribution < -0.4 is 5.73 Å². The monoisotopic (exact) mass is 315 g/mol. The van der Waals surface area contributed by atoms with Crippen LogP contribution in [0.1, 0.15) is 15.9 Å². The van der Waals surface area contributed by atoms with E-state index in [1.807, 2.05) is 49.4 Å². The third-order valence-corrected chi connectivity index (χ3v) is 4.36. The van der Waals surface area contributed by atoms with E-state index in [0.717, 1.165) is 28.5 Å². The third kappa shape index (κ3) is 3.75. The van der Waals surface area contributed by atoms with Gasteiger partial charge in [-0.2, -0.15) is 0 Å². The maximum atomic E-state index is 12.3. The Morgan fingerprint density at radius 3 is 2.45 bits per heavy atom. The highest BCUT2D eigenvalue weighted by molar-refractivity contribution is 8.14. The van der Waals surface area contributed by atoms with E-state index in [1.54, 1.807) is 6.07 Å². The topological polar surface area (TPSA) is 80.4 Å². The second kappa shape index (κ2) is 7.24. The lowest BCUT2D eigenvalue weighted by Crippen LogP contribution is -2.32. The van der Waals surface area contributed by atoms with Crippen LogP contribution in [0.3, 0.4) is 0 Å². The molecule has 0 amide bonds. The molecule has 0 aliphatic carbocycles. The van der Waals surface area contributed by atoms with Crippen LogP contribution in [0.15, 0.2) is 48.5 Å². The first-order chi connectivity index (χ1) is 10.5. The Morgan fingerprint density at radius 2 is 1.82 bits per heavy atom. The van der Waals surface area contributed by atoms with E-state index in [2.05, 4.69) is 0 Å². The average Bonchev–Trinajstić information content (AvgIpc) is 2.53. The number of carboxylic acids is 1. The summed E-state index contributed by atoms with van der Waals surface area (Å²) in [6, 6.07) is 14.3. The van der Waals surface area contributed by atoms with Gasteiger partial charge in [-0.05, 0) is 23.6 Å². The number of carbonyl (C=O) groups excluding carboxylic acids is 1. The fraction of sp³-hybridized carbons (Fsp3) is 0.176. The number of thioether (sulfide) groups is 1. The van der Waals surface area contributed by atoms with Crippen LogP contribution >= 0.6 is 11.8 Å². The van der Waals surface area contributed by atoms with Crippen LogP contribution in [0.5, 0.6) is 0 Å². The zero-order valence-corrected chi connectivity index (χ0v) is 13.0. The van der Waals surface area contributed by atoms with E-state index < -0.39 is 12.0 Å². The normalized spacial score (nSPS) is 11.9. The summed E-state index contributed by atoms with van der Waals surface area (Å²) < 4.78 is 0. The molecule has 0 fully saturated rings. The van der Waals surface area contributed by atoms with Gasteiger partial charge in [0.25, 0.3) is 0 Å². The minimum absolute atomic E-state index is 0.0587. The second-order valence-corrected chi connectivity index (χ2v) is 5.88. The fourth-order valence-corrected chi connectivity index (χ4v) is 2.95. The van der Waals surface area contributed by atoms with E-state index in [1.165, 1.54) is 0 Å². The molecular formula is C17H17NO3S. The van der Waals surface area contributed by atoms with E-state index in [4.69, 9.17) is 10.8 Å². The number of hydrogen-bond donors (Lipinski definition) is 2. The van der Waals surface area contributed by atoms with Crippen LogP contribution in [-0.2, 0) is 4.79 Å². The lowest BCUT2D eigenvalue weighted by atomic mass is 9.97. The predicted octanol–water partition coefficient (Wildman–Crippen LogP) is 2.95. The first kappa shape index (κ1) is 16.3. The van der Waals surface area contributed by atoms with Crippen molar-refractivity contribution in [2.24, 2.45) is 5.73 Å². The van der Waals surface area contributed by atoms with Crippen LogP contribution in [0, 0.1) is 6.92 Å². The minimum atomic E-state index is -1.10. The maximum Gasteiger partial charge on any atom is 0.321 e. The van der Waals surface area contributed by atoms with Gasteiger partial charge in [0.15, 0.2) is 0 Å². The standard InChI is InChI=1S/C17H17NO3S/c1-11-13(12-6-3-2-4-7-12)8-5-9-14(11)17(21)22-10-15(18)16(19)20/h2-9,15H,10,18H2,1H3,(H,19,20). The van der Waals surface area contributed by atoms with Crippen LogP contribution in [0.4, 0.5) is 0 Å². The molecule has 5 heteroatoms. The molecule has 0 radical (unpaired) electrons. The first-order valence-electron chi connectivity index (χ1n) is 6.81. The molecule has 0 aliphatic heterocycles. The van der Waals surface area contributed by atoms with Crippen molar-refractivity contribution < 1.29 is 14.7 Å². The van der Waals surface area contributed by atoms with Crippen molar-refractivity contribution in [3.05, 3.63) is 59.7 Å². The summed E-state index contributed by atoms with van der Waals surface area (Å²) in [4.78, 5) is 23.0. The molecule has 1 atom stereocenters. The van der Waals surface area contributed by atoms with Gasteiger partial charge in [-0.25, -0.2) is 0 Å². The highest BCUT2D eigenvalue weighted by Crippen LogP contribution is 2.27. The summed E-state index contributed by atoms with van der Waals surface area (Å²) in [7, 11) is 0. The molecule has 0 aliphatic rings. The largest absolute Gasteiger partial charge is 0.480 e. The van der Waals surface area contributed by atoms with E-state index in [0.29, 0.717) is 5.56 Å². The lowest BCUT2D eigenvalue weighted by Gasteiger charge is -2.11. The second-order valence-electron chi connectivity index (χ2n) is 4.89. The van der Waals surface area contributed by atoms with Gasteiger partial charge in [0, 0.05) is 11.3 Å². The Morgan fingerprint density at radius 1 is 1.14 bits per heavy atom. The molecule has 0 heterocycles. The fourth-order valence-electron chi connectivity index (χ4n) is 2.10. The van der Waals surface area contributed by atoms with Gasteiger partial charge in [-0.3, -0.25) is 9.59 Å². The van der Waals surface area contributed by atoms with Gasteiger partial charge in [-0.15, -0.1) is 0 Å². The number of hydrogen-bond acceptors (Lipinski definition) is 4.